The Bertz CT molecular complexity index is 688. The third-order valence-corrected chi connectivity index (χ3v) is 3.67. The predicted octanol–water partition coefficient (Wildman–Crippen LogP) is 3.18. The summed E-state index contributed by atoms with van der Waals surface area (Å²) in [5.74, 6) is -1.69. The van der Waals surface area contributed by atoms with E-state index in [1.54, 1.807) is 18.2 Å². The molecule has 1 N–H and O–H groups in total. The number of halogens is 1. The van der Waals surface area contributed by atoms with E-state index >= 15 is 0 Å². The van der Waals surface area contributed by atoms with Crippen LogP contribution in [0.5, 0.6) is 0 Å². The zero-order valence-electron chi connectivity index (χ0n) is 13.5. The molecule has 24 heavy (non-hydrogen) atoms. The van der Waals surface area contributed by atoms with Crippen molar-refractivity contribution in [2.24, 2.45) is 0 Å². The number of rotatable bonds is 7. The van der Waals surface area contributed by atoms with Gasteiger partial charge in [0.15, 0.2) is 6.61 Å². The minimum absolute atomic E-state index is 0.0545. The molecule has 2 aromatic carbocycles. The highest BCUT2D eigenvalue weighted by molar-refractivity contribution is 5.83. The van der Waals surface area contributed by atoms with Gasteiger partial charge in [0.05, 0.1) is 5.92 Å². The second kappa shape index (κ2) is 8.82. The van der Waals surface area contributed by atoms with Crippen LogP contribution in [0.4, 0.5) is 4.39 Å². The average Bonchev–Trinajstić information content (AvgIpc) is 2.61. The van der Waals surface area contributed by atoms with E-state index in [9.17, 15) is 14.0 Å². The van der Waals surface area contributed by atoms with Crippen LogP contribution in [0.2, 0.25) is 0 Å². The maximum Gasteiger partial charge on any atom is 0.313 e. The third-order valence-electron chi connectivity index (χ3n) is 3.67. The maximum atomic E-state index is 13.5. The molecule has 4 nitrogen and oxygen atoms in total. The Hall–Kier alpha value is -2.69. The zero-order valence-corrected chi connectivity index (χ0v) is 13.5. The van der Waals surface area contributed by atoms with Gasteiger partial charge in [-0.25, -0.2) is 4.39 Å². The first kappa shape index (κ1) is 17.7. The van der Waals surface area contributed by atoms with Crippen molar-refractivity contribution in [3.8, 4) is 0 Å². The van der Waals surface area contributed by atoms with E-state index < -0.39 is 17.8 Å². The smallest absolute Gasteiger partial charge is 0.313 e. The summed E-state index contributed by atoms with van der Waals surface area (Å²) < 4.78 is 18.5. The number of esters is 1. The highest BCUT2D eigenvalue weighted by Crippen LogP contribution is 2.20. The van der Waals surface area contributed by atoms with E-state index in [-0.39, 0.29) is 19.0 Å². The topological polar surface area (TPSA) is 55.4 Å². The summed E-state index contributed by atoms with van der Waals surface area (Å²) in [5, 5.41) is 2.54. The van der Waals surface area contributed by atoms with E-state index in [2.05, 4.69) is 5.32 Å². The average molecular weight is 329 g/mol. The van der Waals surface area contributed by atoms with E-state index in [4.69, 9.17) is 4.74 Å². The van der Waals surface area contributed by atoms with Gasteiger partial charge < -0.3 is 10.1 Å². The van der Waals surface area contributed by atoms with Crippen LogP contribution >= 0.6 is 0 Å². The van der Waals surface area contributed by atoms with Gasteiger partial charge in [-0.15, -0.1) is 0 Å². The Morgan fingerprint density at radius 3 is 2.42 bits per heavy atom. The molecule has 0 spiro atoms. The van der Waals surface area contributed by atoms with Gasteiger partial charge in [-0.2, -0.15) is 0 Å². The first-order valence-electron chi connectivity index (χ1n) is 7.83. The van der Waals surface area contributed by atoms with E-state index in [1.165, 1.54) is 6.07 Å². The number of hydrogen-bond donors (Lipinski definition) is 1. The lowest BCUT2D eigenvalue weighted by molar-refractivity contribution is -0.150. The number of carbonyl (C=O) groups excluding carboxylic acids is 2. The van der Waals surface area contributed by atoms with Crippen molar-refractivity contribution in [2.75, 3.05) is 6.61 Å². The molecule has 2 rings (SSSR count). The van der Waals surface area contributed by atoms with Crippen LogP contribution in [0, 0.1) is 5.82 Å². The van der Waals surface area contributed by atoms with Gasteiger partial charge in [0.25, 0.3) is 5.91 Å². The molecule has 0 aromatic heterocycles. The van der Waals surface area contributed by atoms with Crippen molar-refractivity contribution in [3.63, 3.8) is 0 Å². The molecule has 1 amide bonds. The monoisotopic (exact) mass is 329 g/mol. The van der Waals surface area contributed by atoms with Crippen LogP contribution in [-0.4, -0.2) is 18.5 Å². The lowest BCUT2D eigenvalue weighted by Crippen LogP contribution is -2.29. The number of carbonyl (C=O) groups is 2. The third kappa shape index (κ3) is 4.91. The van der Waals surface area contributed by atoms with Crippen LogP contribution < -0.4 is 5.32 Å². The minimum atomic E-state index is -0.463. The molecule has 0 fully saturated rings. The first-order valence-corrected chi connectivity index (χ1v) is 7.83. The number of nitrogens with one attached hydrogen (secondary N) is 1. The lowest BCUT2D eigenvalue weighted by atomic mass is 9.97. The Morgan fingerprint density at radius 2 is 1.75 bits per heavy atom. The minimum Gasteiger partial charge on any atom is -0.455 e. The standard InChI is InChI=1S/C19H20FNO3/c1-2-16(14-8-4-3-5-9-14)19(23)24-13-18(22)21-12-15-10-6-7-11-17(15)20/h3-11,16H,2,12-13H2,1H3,(H,21,22). The number of ether oxygens (including phenoxy) is 1. The molecule has 0 radical (unpaired) electrons. The SMILES string of the molecule is CCC(C(=O)OCC(=O)NCc1ccccc1F)c1ccccc1. The normalized spacial score (nSPS) is 11.6. The maximum absolute atomic E-state index is 13.5. The Morgan fingerprint density at radius 1 is 1.08 bits per heavy atom. The van der Waals surface area contributed by atoms with Gasteiger partial charge in [-0.3, -0.25) is 9.59 Å². The number of benzene rings is 2. The van der Waals surface area contributed by atoms with Crippen LogP contribution in [0.1, 0.15) is 30.4 Å². The fourth-order valence-electron chi connectivity index (χ4n) is 2.35. The van der Waals surface area contributed by atoms with Crippen molar-refractivity contribution in [2.45, 2.75) is 25.8 Å². The Kier molecular flexibility index (Phi) is 6.49. The van der Waals surface area contributed by atoms with Crippen molar-refractivity contribution in [1.82, 2.24) is 5.32 Å². The molecule has 0 aliphatic rings. The zero-order chi connectivity index (χ0) is 17.4. The van der Waals surface area contributed by atoms with Gasteiger partial charge in [-0.05, 0) is 18.1 Å². The molecule has 0 bridgehead atoms. The highest BCUT2D eigenvalue weighted by Gasteiger charge is 2.20. The largest absolute Gasteiger partial charge is 0.455 e. The molecule has 5 heteroatoms. The van der Waals surface area contributed by atoms with Gasteiger partial charge in [-0.1, -0.05) is 55.5 Å². The molecule has 0 saturated carbocycles. The summed E-state index contributed by atoms with van der Waals surface area (Å²) >= 11 is 0. The van der Waals surface area contributed by atoms with E-state index in [1.807, 2.05) is 37.3 Å². The fourth-order valence-corrected chi connectivity index (χ4v) is 2.35. The molecule has 0 saturated heterocycles. The van der Waals surface area contributed by atoms with E-state index in [0.29, 0.717) is 12.0 Å². The fraction of sp³-hybridized carbons (Fsp3) is 0.263. The Labute approximate surface area is 140 Å². The number of amides is 1. The van der Waals surface area contributed by atoms with Gasteiger partial charge >= 0.3 is 5.97 Å². The summed E-state index contributed by atoms with van der Waals surface area (Å²) in [6.07, 6.45) is 0.583. The molecule has 1 atom stereocenters. The van der Waals surface area contributed by atoms with Crippen molar-refractivity contribution in [3.05, 3.63) is 71.5 Å². The predicted molar refractivity (Wildman–Crippen MR) is 88.7 cm³/mol. The first-order chi connectivity index (χ1) is 11.6. The second-order valence-corrected chi connectivity index (χ2v) is 5.35. The summed E-state index contributed by atoms with van der Waals surface area (Å²) in [4.78, 5) is 23.9. The van der Waals surface area contributed by atoms with Crippen LogP contribution in [0.25, 0.3) is 0 Å². The molecular formula is C19H20FNO3. The summed E-state index contributed by atoms with van der Waals surface area (Å²) in [6.45, 7) is 1.56. The molecule has 0 heterocycles. The lowest BCUT2D eigenvalue weighted by Gasteiger charge is -2.14. The van der Waals surface area contributed by atoms with Crippen molar-refractivity contribution in [1.29, 1.82) is 0 Å². The summed E-state index contributed by atoms with van der Waals surface area (Å²) in [6, 6.07) is 15.5. The van der Waals surface area contributed by atoms with Crippen LogP contribution in [0.15, 0.2) is 54.6 Å². The van der Waals surface area contributed by atoms with E-state index in [0.717, 1.165) is 5.56 Å². The van der Waals surface area contributed by atoms with Crippen molar-refractivity contribution >= 4 is 11.9 Å². The van der Waals surface area contributed by atoms with Crippen LogP contribution in [-0.2, 0) is 20.9 Å². The van der Waals surface area contributed by atoms with Gasteiger partial charge in [0.1, 0.15) is 5.82 Å². The van der Waals surface area contributed by atoms with Gasteiger partial charge in [0, 0.05) is 12.1 Å². The highest BCUT2D eigenvalue weighted by atomic mass is 19.1. The molecule has 2 aromatic rings. The summed E-state index contributed by atoms with van der Waals surface area (Å²) in [5.41, 5.74) is 1.24. The van der Waals surface area contributed by atoms with Crippen molar-refractivity contribution < 1.29 is 18.7 Å². The molecular weight excluding hydrogens is 309 g/mol. The second-order valence-electron chi connectivity index (χ2n) is 5.35. The van der Waals surface area contributed by atoms with Gasteiger partial charge in [0.2, 0.25) is 0 Å². The summed E-state index contributed by atoms with van der Waals surface area (Å²) in [7, 11) is 0. The van der Waals surface area contributed by atoms with Crippen LogP contribution in [0.3, 0.4) is 0 Å². The Balaban J connectivity index is 1.82. The molecule has 0 aliphatic heterocycles. The quantitative estimate of drug-likeness (QED) is 0.794. The number of hydrogen-bond acceptors (Lipinski definition) is 3. The molecule has 126 valence electrons. The molecule has 1 unspecified atom stereocenters. The molecule has 0 aliphatic carbocycles.